The second-order valence-electron chi connectivity index (χ2n) is 6.73. The molecule has 3 heteroatoms. The van der Waals surface area contributed by atoms with Crippen LogP contribution in [0.25, 0.3) is 0 Å². The van der Waals surface area contributed by atoms with Gasteiger partial charge in [0.2, 0.25) is 5.91 Å². The fourth-order valence-electron chi connectivity index (χ4n) is 3.29. The lowest BCUT2D eigenvalue weighted by Crippen LogP contribution is -2.43. The molecule has 3 N–H and O–H groups in total. The summed E-state index contributed by atoms with van der Waals surface area (Å²) in [5, 5.41) is 3.30. The fraction of sp³-hybridized carbons (Fsp3) is 0.941. The molecule has 0 aliphatic heterocycles. The number of carbonyl (C=O) groups excluding carboxylic acids is 1. The topological polar surface area (TPSA) is 55.1 Å². The monoisotopic (exact) mass is 282 g/mol. The zero-order valence-electron chi connectivity index (χ0n) is 13.7. The Labute approximate surface area is 125 Å². The number of rotatable bonds is 8. The van der Waals surface area contributed by atoms with Gasteiger partial charge >= 0.3 is 0 Å². The second-order valence-corrected chi connectivity index (χ2v) is 6.73. The van der Waals surface area contributed by atoms with E-state index in [9.17, 15) is 4.79 Å². The lowest BCUT2D eigenvalue weighted by atomic mass is 9.82. The highest BCUT2D eigenvalue weighted by Crippen LogP contribution is 2.28. The van der Waals surface area contributed by atoms with Crippen molar-refractivity contribution in [1.82, 2.24) is 5.32 Å². The van der Waals surface area contributed by atoms with Crippen molar-refractivity contribution in [3.63, 3.8) is 0 Å². The van der Waals surface area contributed by atoms with Gasteiger partial charge in [-0.2, -0.15) is 0 Å². The molecule has 118 valence electrons. The molecule has 0 aromatic rings. The molecule has 0 spiro atoms. The molecule has 3 atom stereocenters. The molecule has 0 heterocycles. The molecule has 1 aliphatic rings. The standard InChI is InChI=1S/C17H34N2O/c1-4-16(15-11-6-5-7-12-15)19-17(20)13(2)9-8-10-14(3)18/h13-16H,4-12,18H2,1-3H3,(H,19,20). The Balaban J connectivity index is 2.33. The predicted octanol–water partition coefficient (Wildman–Crippen LogP) is 3.62. The van der Waals surface area contributed by atoms with Crippen LogP contribution >= 0.6 is 0 Å². The highest BCUT2D eigenvalue weighted by atomic mass is 16.1. The molecule has 0 aromatic carbocycles. The quantitative estimate of drug-likeness (QED) is 0.714. The molecule has 1 fully saturated rings. The van der Waals surface area contributed by atoms with E-state index in [-0.39, 0.29) is 17.9 Å². The third kappa shape index (κ3) is 6.25. The van der Waals surface area contributed by atoms with Crippen molar-refractivity contribution < 1.29 is 4.79 Å². The van der Waals surface area contributed by atoms with Crippen LogP contribution in [0.15, 0.2) is 0 Å². The summed E-state index contributed by atoms with van der Waals surface area (Å²) in [6, 6.07) is 0.634. The van der Waals surface area contributed by atoms with Gasteiger partial charge in [0.25, 0.3) is 0 Å². The summed E-state index contributed by atoms with van der Waals surface area (Å²) in [5.41, 5.74) is 5.75. The summed E-state index contributed by atoms with van der Waals surface area (Å²) in [6.07, 6.45) is 10.7. The molecule has 3 nitrogen and oxygen atoms in total. The van der Waals surface area contributed by atoms with E-state index >= 15 is 0 Å². The Morgan fingerprint density at radius 1 is 1.20 bits per heavy atom. The average molecular weight is 282 g/mol. The summed E-state index contributed by atoms with van der Waals surface area (Å²) in [4.78, 5) is 12.3. The zero-order valence-corrected chi connectivity index (χ0v) is 13.7. The van der Waals surface area contributed by atoms with E-state index in [0.29, 0.717) is 12.0 Å². The maximum Gasteiger partial charge on any atom is 0.223 e. The number of hydrogen-bond acceptors (Lipinski definition) is 2. The van der Waals surface area contributed by atoms with Crippen LogP contribution in [0.2, 0.25) is 0 Å². The van der Waals surface area contributed by atoms with E-state index in [0.717, 1.165) is 25.7 Å². The second kappa shape index (κ2) is 9.38. The summed E-state index contributed by atoms with van der Waals surface area (Å²) in [5.74, 6) is 1.06. The largest absolute Gasteiger partial charge is 0.353 e. The molecular weight excluding hydrogens is 248 g/mol. The van der Waals surface area contributed by atoms with Gasteiger partial charge in [-0.25, -0.2) is 0 Å². The van der Waals surface area contributed by atoms with Crippen LogP contribution in [0.4, 0.5) is 0 Å². The molecule has 3 unspecified atom stereocenters. The molecule has 1 rings (SSSR count). The van der Waals surface area contributed by atoms with Crippen LogP contribution in [-0.4, -0.2) is 18.0 Å². The Bertz CT molecular complexity index is 272. The number of carbonyl (C=O) groups is 1. The minimum absolute atomic E-state index is 0.117. The van der Waals surface area contributed by atoms with Crippen LogP contribution in [0.3, 0.4) is 0 Å². The van der Waals surface area contributed by atoms with Crippen molar-refractivity contribution in [2.45, 2.75) is 90.6 Å². The minimum atomic E-state index is 0.117. The Morgan fingerprint density at radius 3 is 2.40 bits per heavy atom. The van der Waals surface area contributed by atoms with Gasteiger partial charge in [0.1, 0.15) is 0 Å². The first-order chi connectivity index (χ1) is 9.54. The third-order valence-corrected chi connectivity index (χ3v) is 4.73. The van der Waals surface area contributed by atoms with Crippen molar-refractivity contribution in [3.8, 4) is 0 Å². The number of nitrogens with two attached hydrogens (primary N) is 1. The van der Waals surface area contributed by atoms with E-state index in [2.05, 4.69) is 12.2 Å². The lowest BCUT2D eigenvalue weighted by Gasteiger charge is -2.31. The Morgan fingerprint density at radius 2 is 1.85 bits per heavy atom. The maximum atomic E-state index is 12.3. The smallest absolute Gasteiger partial charge is 0.223 e. The van der Waals surface area contributed by atoms with E-state index in [1.807, 2.05) is 13.8 Å². The van der Waals surface area contributed by atoms with Crippen LogP contribution in [-0.2, 0) is 4.79 Å². The van der Waals surface area contributed by atoms with Gasteiger partial charge in [-0.05, 0) is 44.9 Å². The fourth-order valence-corrected chi connectivity index (χ4v) is 3.29. The van der Waals surface area contributed by atoms with Crippen molar-refractivity contribution in [2.24, 2.45) is 17.6 Å². The van der Waals surface area contributed by atoms with Crippen molar-refractivity contribution in [1.29, 1.82) is 0 Å². The third-order valence-electron chi connectivity index (χ3n) is 4.73. The van der Waals surface area contributed by atoms with Crippen LogP contribution in [0.1, 0.15) is 78.6 Å². The first kappa shape index (κ1) is 17.5. The summed E-state index contributed by atoms with van der Waals surface area (Å²) >= 11 is 0. The average Bonchev–Trinajstić information content (AvgIpc) is 2.44. The summed E-state index contributed by atoms with van der Waals surface area (Å²) in [6.45, 7) is 6.27. The molecule has 1 amide bonds. The van der Waals surface area contributed by atoms with E-state index < -0.39 is 0 Å². The van der Waals surface area contributed by atoms with Gasteiger partial charge in [-0.15, -0.1) is 0 Å². The van der Waals surface area contributed by atoms with Crippen molar-refractivity contribution in [3.05, 3.63) is 0 Å². The zero-order chi connectivity index (χ0) is 15.0. The molecule has 20 heavy (non-hydrogen) atoms. The molecule has 0 saturated heterocycles. The summed E-state index contributed by atoms with van der Waals surface area (Å²) in [7, 11) is 0. The highest BCUT2D eigenvalue weighted by Gasteiger charge is 2.25. The normalized spacial score (nSPS) is 21.2. The molecule has 0 bridgehead atoms. The summed E-state index contributed by atoms with van der Waals surface area (Å²) < 4.78 is 0. The number of hydrogen-bond donors (Lipinski definition) is 2. The van der Waals surface area contributed by atoms with Gasteiger partial charge in [-0.3, -0.25) is 4.79 Å². The van der Waals surface area contributed by atoms with Gasteiger partial charge in [0, 0.05) is 18.0 Å². The SMILES string of the molecule is CCC(NC(=O)C(C)CCCC(C)N)C1CCCCC1. The Hall–Kier alpha value is -0.570. The lowest BCUT2D eigenvalue weighted by molar-refractivity contribution is -0.126. The number of amides is 1. The number of nitrogens with one attached hydrogen (secondary N) is 1. The van der Waals surface area contributed by atoms with Gasteiger partial charge < -0.3 is 11.1 Å². The van der Waals surface area contributed by atoms with E-state index in [1.165, 1.54) is 32.1 Å². The molecule has 0 aromatic heterocycles. The van der Waals surface area contributed by atoms with Gasteiger partial charge in [0.15, 0.2) is 0 Å². The minimum Gasteiger partial charge on any atom is -0.353 e. The van der Waals surface area contributed by atoms with Crippen LogP contribution in [0.5, 0.6) is 0 Å². The predicted molar refractivity (Wildman–Crippen MR) is 85.5 cm³/mol. The maximum absolute atomic E-state index is 12.3. The van der Waals surface area contributed by atoms with Gasteiger partial charge in [0.05, 0.1) is 0 Å². The highest BCUT2D eigenvalue weighted by molar-refractivity contribution is 5.78. The van der Waals surface area contributed by atoms with E-state index in [1.54, 1.807) is 0 Å². The molecule has 0 radical (unpaired) electrons. The Kier molecular flexibility index (Phi) is 8.20. The van der Waals surface area contributed by atoms with Gasteiger partial charge in [-0.1, -0.05) is 39.5 Å². The molecule has 1 saturated carbocycles. The first-order valence-electron chi connectivity index (χ1n) is 8.60. The first-order valence-corrected chi connectivity index (χ1v) is 8.60. The van der Waals surface area contributed by atoms with Crippen LogP contribution < -0.4 is 11.1 Å². The van der Waals surface area contributed by atoms with E-state index in [4.69, 9.17) is 5.73 Å². The van der Waals surface area contributed by atoms with Crippen molar-refractivity contribution in [2.75, 3.05) is 0 Å². The molecule has 1 aliphatic carbocycles. The molecular formula is C17H34N2O. The van der Waals surface area contributed by atoms with Crippen LogP contribution in [0, 0.1) is 11.8 Å². The van der Waals surface area contributed by atoms with Crippen molar-refractivity contribution >= 4 is 5.91 Å².